The monoisotopic (exact) mass is 146 g/mol. The van der Waals surface area contributed by atoms with Crippen LogP contribution in [0.2, 0.25) is 5.32 Å². The number of unbranched alkanes of at least 4 members (excludes halogenated alkanes) is 1. The summed E-state index contributed by atoms with van der Waals surface area (Å²) in [6.07, 6.45) is 2.69. The fraction of sp³-hybridized carbons (Fsp3) is 1.00. The van der Waals surface area contributed by atoms with Crippen LogP contribution >= 0.6 is 0 Å². The third-order valence-corrected chi connectivity index (χ3v) is 1.18. The van der Waals surface area contributed by atoms with E-state index in [9.17, 15) is 0 Å². The fourth-order valence-corrected chi connectivity index (χ4v) is 0.822. The van der Waals surface area contributed by atoms with Crippen molar-refractivity contribution < 1.29 is 0 Å². The summed E-state index contributed by atoms with van der Waals surface area (Å²) in [5, 5.41) is 1.28. The molecule has 0 aromatic heterocycles. The summed E-state index contributed by atoms with van der Waals surface area (Å²) in [5.41, 5.74) is 0. The molecule has 0 rings (SSSR count). The van der Waals surface area contributed by atoms with Gasteiger partial charge >= 0.3 is 60.0 Å². The van der Waals surface area contributed by atoms with Crippen molar-refractivity contribution in [3.63, 3.8) is 0 Å². The normalized spacial score (nSPS) is 7.00. The van der Waals surface area contributed by atoms with E-state index < -0.39 is 0 Å². The van der Waals surface area contributed by atoms with E-state index in [4.69, 9.17) is 0 Å². The second-order valence-electron chi connectivity index (χ2n) is 1.08. The molecule has 0 heterocycles. The van der Waals surface area contributed by atoms with E-state index in [1.807, 2.05) is 0 Å². The van der Waals surface area contributed by atoms with Crippen LogP contribution < -0.4 is 0 Å². The van der Waals surface area contributed by atoms with Gasteiger partial charge in [0.1, 0.15) is 0 Å². The van der Waals surface area contributed by atoms with Crippen LogP contribution in [0.5, 0.6) is 0 Å². The van der Waals surface area contributed by atoms with E-state index in [1.54, 1.807) is 0 Å². The van der Waals surface area contributed by atoms with Crippen molar-refractivity contribution in [3.8, 4) is 0 Å². The van der Waals surface area contributed by atoms with Crippen LogP contribution in [0, 0.1) is 0 Å². The van der Waals surface area contributed by atoms with Gasteiger partial charge in [0.05, 0.1) is 0 Å². The van der Waals surface area contributed by atoms with Gasteiger partial charge in [-0.2, -0.15) is 0 Å². The van der Waals surface area contributed by atoms with Crippen LogP contribution in [-0.4, -0.2) is 34.9 Å². The summed E-state index contributed by atoms with van der Waals surface area (Å²) < 4.78 is 0. The van der Waals surface area contributed by atoms with E-state index in [2.05, 4.69) is 22.9 Å². The summed E-state index contributed by atoms with van der Waals surface area (Å²) in [6, 6.07) is 0. The molecule has 0 saturated heterocycles. The molecular weight excluding hydrogens is 134 g/mol. The van der Waals surface area contributed by atoms with Crippen LogP contribution in [0.1, 0.15) is 19.8 Å². The van der Waals surface area contributed by atoms with Crippen molar-refractivity contribution in [2.45, 2.75) is 25.1 Å². The molecule has 0 radical (unpaired) electrons. The van der Waals surface area contributed by atoms with Gasteiger partial charge in [0.2, 0.25) is 0 Å². The van der Waals surface area contributed by atoms with Crippen molar-refractivity contribution >= 4 is 34.9 Å². The van der Waals surface area contributed by atoms with Crippen molar-refractivity contribution in [1.82, 2.24) is 0 Å². The zero-order valence-corrected chi connectivity index (χ0v) is 5.45. The van der Waals surface area contributed by atoms with E-state index in [1.165, 1.54) is 18.2 Å². The molecule has 0 aromatic carbocycles. The molecule has 0 saturated carbocycles. The minimum atomic E-state index is 0. The van der Waals surface area contributed by atoms with E-state index in [0.717, 1.165) is 0 Å². The minimum absolute atomic E-state index is 0. The molecule has 6 heavy (non-hydrogen) atoms. The molecule has 0 aliphatic heterocycles. The number of hydrogen-bond donors (Lipinski definition) is 0. The Hall–Kier alpha value is 1.12. The molecule has 0 atom stereocenters. The first-order valence-electron chi connectivity index (χ1n) is 2.02. The van der Waals surface area contributed by atoms with Crippen LogP contribution in [0.15, 0.2) is 0 Å². The average Bonchev–Trinajstić information content (AvgIpc) is 1.41. The molecule has 2 heteroatoms. The summed E-state index contributed by atoms with van der Waals surface area (Å²) in [5.74, 6) is 0. The van der Waals surface area contributed by atoms with Crippen molar-refractivity contribution in [3.05, 3.63) is 0 Å². The van der Waals surface area contributed by atoms with Crippen molar-refractivity contribution in [1.29, 1.82) is 0 Å². The Balaban J connectivity index is 0. The molecule has 0 aliphatic rings. The number of rotatable bonds is 2. The van der Waals surface area contributed by atoms with E-state index in [-0.39, 0.29) is 18.9 Å². The second-order valence-corrected chi connectivity index (χ2v) is 2.02. The number of hydrogen-bond acceptors (Lipinski definition) is 0. The maximum atomic E-state index is 2.58. The third kappa shape index (κ3) is 8.93. The van der Waals surface area contributed by atoms with Gasteiger partial charge in [0.15, 0.2) is 0 Å². The van der Waals surface area contributed by atoms with Crippen LogP contribution in [-0.2, 0) is 0 Å². The predicted octanol–water partition coefficient (Wildman–Crippen LogP) is 0.457. The quantitative estimate of drug-likeness (QED) is 0.495. The first-order valence-corrected chi connectivity index (χ1v) is 3.35. The zero-order chi connectivity index (χ0) is 4.12. The van der Waals surface area contributed by atoms with E-state index >= 15 is 0 Å². The average molecular weight is 145 g/mol. The van der Waals surface area contributed by atoms with E-state index in [0.29, 0.717) is 0 Å². The molecule has 0 aromatic rings. The van der Waals surface area contributed by atoms with Crippen LogP contribution in [0.3, 0.4) is 0 Å². The summed E-state index contributed by atoms with van der Waals surface area (Å²) in [4.78, 5) is 0. The molecular formula is C4H11LiSe. The van der Waals surface area contributed by atoms with Gasteiger partial charge in [-0.1, -0.05) is 0 Å². The standard InChI is InChI=1S/C4H10Se.Li.H/c1-2-3-4-5;;/h5H,2-4H2,1H3;;. The van der Waals surface area contributed by atoms with Crippen molar-refractivity contribution in [2.75, 3.05) is 0 Å². The molecule has 0 nitrogen and oxygen atoms in total. The molecule has 0 spiro atoms. The molecule has 0 bridgehead atoms. The Morgan fingerprint density at radius 2 is 2.00 bits per heavy atom. The SMILES string of the molecule is CCCC[SeH].[LiH]. The maximum absolute atomic E-state index is 2.58. The Morgan fingerprint density at radius 1 is 1.50 bits per heavy atom. The zero-order valence-electron chi connectivity index (χ0n) is 3.57. The molecule has 0 amide bonds. The summed E-state index contributed by atoms with van der Waals surface area (Å²) in [6.45, 7) is 2.20. The van der Waals surface area contributed by atoms with Crippen molar-refractivity contribution in [2.24, 2.45) is 0 Å². The summed E-state index contributed by atoms with van der Waals surface area (Å²) in [7, 11) is 0. The summed E-state index contributed by atoms with van der Waals surface area (Å²) >= 11 is 2.58. The van der Waals surface area contributed by atoms with Crippen LogP contribution in [0.25, 0.3) is 0 Å². The molecule has 34 valence electrons. The molecule has 0 N–H and O–H groups in total. The fourth-order valence-electron chi connectivity index (χ4n) is 0.158. The van der Waals surface area contributed by atoms with Gasteiger partial charge in [0.25, 0.3) is 0 Å². The van der Waals surface area contributed by atoms with Gasteiger partial charge in [0, 0.05) is 0 Å². The van der Waals surface area contributed by atoms with Gasteiger partial charge in [-0.05, 0) is 0 Å². The Bertz CT molecular complexity index is 15.0. The Morgan fingerprint density at radius 3 is 2.00 bits per heavy atom. The van der Waals surface area contributed by atoms with Crippen LogP contribution in [0.4, 0.5) is 0 Å². The first-order chi connectivity index (χ1) is 2.41. The van der Waals surface area contributed by atoms with Gasteiger partial charge in [-0.25, -0.2) is 0 Å². The molecule has 0 unspecified atom stereocenters. The molecule has 0 aliphatic carbocycles. The predicted molar refractivity (Wildman–Crippen MR) is 34.0 cm³/mol. The van der Waals surface area contributed by atoms with Gasteiger partial charge in [-0.15, -0.1) is 0 Å². The van der Waals surface area contributed by atoms with Gasteiger partial charge < -0.3 is 0 Å². The Kier molecular flexibility index (Phi) is 16.0. The molecule has 0 fully saturated rings. The Labute approximate surface area is 60.1 Å². The first kappa shape index (κ1) is 10.2. The second kappa shape index (κ2) is 9.45. The third-order valence-electron chi connectivity index (χ3n) is 0.512. The van der Waals surface area contributed by atoms with Gasteiger partial charge in [-0.3, -0.25) is 0 Å². The topological polar surface area (TPSA) is 0 Å².